The summed E-state index contributed by atoms with van der Waals surface area (Å²) in [6, 6.07) is 8.34. The SMILES string of the molecule is Cn1cc(CNCC(c2ccco2)N2CCCC2)c(-c2ccncc2)n1. The zero-order valence-electron chi connectivity index (χ0n) is 15.1. The second-order valence-corrected chi connectivity index (χ2v) is 6.82. The maximum Gasteiger partial charge on any atom is 0.122 e. The molecule has 136 valence electrons. The largest absolute Gasteiger partial charge is 0.468 e. The van der Waals surface area contributed by atoms with Crippen LogP contribution in [0.3, 0.4) is 0 Å². The number of aromatic nitrogens is 3. The summed E-state index contributed by atoms with van der Waals surface area (Å²) in [5.74, 6) is 1.04. The Morgan fingerprint density at radius 3 is 2.73 bits per heavy atom. The van der Waals surface area contributed by atoms with Crippen molar-refractivity contribution in [3.63, 3.8) is 0 Å². The van der Waals surface area contributed by atoms with E-state index in [9.17, 15) is 0 Å². The molecule has 26 heavy (non-hydrogen) atoms. The minimum Gasteiger partial charge on any atom is -0.468 e. The number of hydrogen-bond acceptors (Lipinski definition) is 5. The minimum absolute atomic E-state index is 0.286. The average Bonchev–Trinajstić information content (AvgIpc) is 3.42. The van der Waals surface area contributed by atoms with Crippen LogP contribution in [-0.4, -0.2) is 39.3 Å². The Labute approximate surface area is 153 Å². The number of aryl methyl sites for hydroxylation is 1. The Balaban J connectivity index is 1.45. The van der Waals surface area contributed by atoms with Crippen LogP contribution in [0.4, 0.5) is 0 Å². The minimum atomic E-state index is 0.286. The molecule has 1 fully saturated rings. The van der Waals surface area contributed by atoms with E-state index in [0.29, 0.717) is 0 Å². The van der Waals surface area contributed by atoms with Crippen LogP contribution in [0.1, 0.15) is 30.2 Å². The van der Waals surface area contributed by atoms with Crippen molar-refractivity contribution in [3.05, 3.63) is 60.4 Å². The molecule has 6 nitrogen and oxygen atoms in total. The number of pyridine rings is 1. The number of nitrogens with one attached hydrogen (secondary N) is 1. The molecule has 1 aliphatic rings. The van der Waals surface area contributed by atoms with Gasteiger partial charge in [-0.3, -0.25) is 14.6 Å². The molecular weight excluding hydrogens is 326 g/mol. The molecule has 1 aliphatic heterocycles. The molecule has 0 spiro atoms. The van der Waals surface area contributed by atoms with Crippen LogP contribution < -0.4 is 5.32 Å². The normalized spacial score (nSPS) is 16.2. The molecule has 0 bridgehead atoms. The summed E-state index contributed by atoms with van der Waals surface area (Å²) in [4.78, 5) is 6.61. The van der Waals surface area contributed by atoms with Crippen LogP contribution >= 0.6 is 0 Å². The lowest BCUT2D eigenvalue weighted by Crippen LogP contribution is -2.33. The maximum absolute atomic E-state index is 5.70. The van der Waals surface area contributed by atoms with Gasteiger partial charge in [0.05, 0.1) is 18.0 Å². The third-order valence-corrected chi connectivity index (χ3v) is 4.96. The second-order valence-electron chi connectivity index (χ2n) is 6.82. The van der Waals surface area contributed by atoms with E-state index in [1.807, 2.05) is 42.3 Å². The summed E-state index contributed by atoms with van der Waals surface area (Å²) < 4.78 is 7.58. The van der Waals surface area contributed by atoms with Crippen molar-refractivity contribution in [2.75, 3.05) is 19.6 Å². The smallest absolute Gasteiger partial charge is 0.122 e. The van der Waals surface area contributed by atoms with Crippen LogP contribution in [0.15, 0.2) is 53.5 Å². The summed E-state index contributed by atoms with van der Waals surface area (Å²) >= 11 is 0. The number of hydrogen-bond donors (Lipinski definition) is 1. The van der Waals surface area contributed by atoms with Crippen molar-refractivity contribution < 1.29 is 4.42 Å². The highest BCUT2D eigenvalue weighted by atomic mass is 16.3. The summed E-state index contributed by atoms with van der Waals surface area (Å²) in [5, 5.41) is 8.25. The molecule has 3 aromatic rings. The summed E-state index contributed by atoms with van der Waals surface area (Å²) in [6.07, 6.45) is 10.0. The molecule has 1 saturated heterocycles. The van der Waals surface area contributed by atoms with Gasteiger partial charge in [-0.1, -0.05) is 0 Å². The Morgan fingerprint density at radius 1 is 1.19 bits per heavy atom. The van der Waals surface area contributed by atoms with Gasteiger partial charge < -0.3 is 9.73 Å². The van der Waals surface area contributed by atoms with E-state index < -0.39 is 0 Å². The summed E-state index contributed by atoms with van der Waals surface area (Å²) in [7, 11) is 1.96. The fraction of sp³-hybridized carbons (Fsp3) is 0.400. The highest BCUT2D eigenvalue weighted by Gasteiger charge is 2.25. The van der Waals surface area contributed by atoms with Gasteiger partial charge in [-0.2, -0.15) is 5.10 Å². The number of rotatable bonds is 7. The van der Waals surface area contributed by atoms with Crippen molar-refractivity contribution in [3.8, 4) is 11.3 Å². The van der Waals surface area contributed by atoms with Gasteiger partial charge in [-0.05, 0) is 50.2 Å². The van der Waals surface area contributed by atoms with E-state index in [1.165, 1.54) is 18.4 Å². The van der Waals surface area contributed by atoms with E-state index in [-0.39, 0.29) is 6.04 Å². The first-order valence-corrected chi connectivity index (χ1v) is 9.22. The molecule has 6 heteroatoms. The molecular formula is C20H25N5O. The van der Waals surface area contributed by atoms with Crippen LogP contribution in [-0.2, 0) is 13.6 Å². The first-order chi connectivity index (χ1) is 12.8. The third-order valence-electron chi connectivity index (χ3n) is 4.96. The highest BCUT2D eigenvalue weighted by molar-refractivity contribution is 5.61. The molecule has 0 aliphatic carbocycles. The number of nitrogens with zero attached hydrogens (tertiary/aromatic N) is 4. The lowest BCUT2D eigenvalue weighted by Gasteiger charge is -2.26. The predicted octanol–water partition coefficient (Wildman–Crippen LogP) is 3.00. The molecule has 0 saturated carbocycles. The maximum atomic E-state index is 5.70. The van der Waals surface area contributed by atoms with Crippen LogP contribution in [0.5, 0.6) is 0 Å². The van der Waals surface area contributed by atoms with E-state index in [2.05, 4.69) is 32.6 Å². The predicted molar refractivity (Wildman–Crippen MR) is 100 cm³/mol. The van der Waals surface area contributed by atoms with Gasteiger partial charge in [-0.25, -0.2) is 0 Å². The Kier molecular flexibility index (Phi) is 5.13. The van der Waals surface area contributed by atoms with Gasteiger partial charge in [0.25, 0.3) is 0 Å². The van der Waals surface area contributed by atoms with Gasteiger partial charge in [0.2, 0.25) is 0 Å². The van der Waals surface area contributed by atoms with Crippen molar-refractivity contribution in [2.45, 2.75) is 25.4 Å². The van der Waals surface area contributed by atoms with E-state index in [0.717, 1.165) is 43.2 Å². The average molecular weight is 351 g/mol. The third kappa shape index (κ3) is 3.71. The molecule has 1 N–H and O–H groups in total. The summed E-state index contributed by atoms with van der Waals surface area (Å²) in [6.45, 7) is 3.92. The van der Waals surface area contributed by atoms with Crippen molar-refractivity contribution in [1.82, 2.24) is 25.0 Å². The van der Waals surface area contributed by atoms with E-state index >= 15 is 0 Å². The fourth-order valence-electron chi connectivity index (χ4n) is 3.71. The molecule has 1 atom stereocenters. The Bertz CT molecular complexity index is 806. The Hall–Kier alpha value is -2.44. The zero-order chi connectivity index (χ0) is 17.8. The van der Waals surface area contributed by atoms with Gasteiger partial charge in [0, 0.05) is 49.9 Å². The van der Waals surface area contributed by atoms with Gasteiger partial charge in [-0.15, -0.1) is 0 Å². The molecule has 4 heterocycles. The number of likely N-dealkylation sites (tertiary alicyclic amines) is 1. The van der Waals surface area contributed by atoms with Crippen LogP contribution in [0, 0.1) is 0 Å². The van der Waals surface area contributed by atoms with Crippen LogP contribution in [0.25, 0.3) is 11.3 Å². The standard InChI is InChI=1S/C20H25N5O/c1-24-15-17(20(23-24)16-6-8-21-9-7-16)13-22-14-18(19-5-4-12-26-19)25-10-2-3-11-25/h4-9,12,15,18,22H,2-3,10-11,13-14H2,1H3. The van der Waals surface area contributed by atoms with Crippen LogP contribution in [0.2, 0.25) is 0 Å². The molecule has 0 aromatic carbocycles. The molecule has 0 radical (unpaired) electrons. The van der Waals surface area contributed by atoms with Gasteiger partial charge >= 0.3 is 0 Å². The lowest BCUT2D eigenvalue weighted by molar-refractivity contribution is 0.209. The number of furan rings is 1. The zero-order valence-corrected chi connectivity index (χ0v) is 15.1. The molecule has 3 aromatic heterocycles. The fourth-order valence-corrected chi connectivity index (χ4v) is 3.71. The molecule has 0 amide bonds. The molecule has 4 rings (SSSR count). The first kappa shape index (κ1) is 17.0. The lowest BCUT2D eigenvalue weighted by atomic mass is 10.1. The highest BCUT2D eigenvalue weighted by Crippen LogP contribution is 2.25. The second kappa shape index (κ2) is 7.85. The van der Waals surface area contributed by atoms with Crippen molar-refractivity contribution in [2.24, 2.45) is 7.05 Å². The van der Waals surface area contributed by atoms with E-state index in [1.54, 1.807) is 6.26 Å². The van der Waals surface area contributed by atoms with Gasteiger partial charge in [0.15, 0.2) is 0 Å². The topological polar surface area (TPSA) is 59.1 Å². The van der Waals surface area contributed by atoms with Crippen molar-refractivity contribution >= 4 is 0 Å². The Morgan fingerprint density at radius 2 is 2.00 bits per heavy atom. The van der Waals surface area contributed by atoms with Gasteiger partial charge in [0.1, 0.15) is 5.76 Å². The van der Waals surface area contributed by atoms with Crippen molar-refractivity contribution in [1.29, 1.82) is 0 Å². The molecule has 1 unspecified atom stereocenters. The monoisotopic (exact) mass is 351 g/mol. The summed E-state index contributed by atoms with van der Waals surface area (Å²) in [5.41, 5.74) is 3.30. The first-order valence-electron chi connectivity index (χ1n) is 9.22. The van der Waals surface area contributed by atoms with E-state index in [4.69, 9.17) is 4.42 Å². The quantitative estimate of drug-likeness (QED) is 0.709.